The van der Waals surface area contributed by atoms with Crippen LogP contribution in [0.5, 0.6) is 5.75 Å². The van der Waals surface area contributed by atoms with Gasteiger partial charge in [-0.15, -0.1) is 6.58 Å². The van der Waals surface area contributed by atoms with E-state index in [2.05, 4.69) is 32.6 Å². The molecule has 0 bridgehead atoms. The van der Waals surface area contributed by atoms with Crippen LogP contribution in [0.3, 0.4) is 0 Å². The van der Waals surface area contributed by atoms with Crippen molar-refractivity contribution in [2.45, 2.75) is 77.6 Å². The standard InChI is InChI=1S/C19H26O.C3H6/c1-3-5-14-11-17(15-8-9-15)19(18(20)12-14)16-7-4-6-13(2)10-16;1-3-2/h10-12,15-16,20H,3-9H2,1-2H3;3H,1H2,2H3. The molecular weight excluding hydrogens is 280 g/mol. The van der Waals surface area contributed by atoms with E-state index in [1.165, 1.54) is 54.4 Å². The number of hydrogen-bond acceptors (Lipinski definition) is 1. The molecule has 2 aliphatic rings. The number of phenolic OH excluding ortho intramolecular Hbond substituents is 1. The van der Waals surface area contributed by atoms with Gasteiger partial charge in [-0.3, -0.25) is 0 Å². The molecule has 0 aromatic heterocycles. The lowest BCUT2D eigenvalue weighted by Crippen LogP contribution is -2.06. The lowest BCUT2D eigenvalue weighted by molar-refractivity contribution is 0.458. The largest absolute Gasteiger partial charge is 0.508 e. The zero-order chi connectivity index (χ0) is 16.8. The Hall–Kier alpha value is -1.50. The first-order valence-electron chi connectivity index (χ1n) is 9.20. The minimum atomic E-state index is 0.440. The van der Waals surface area contributed by atoms with Crippen molar-refractivity contribution >= 4 is 0 Å². The summed E-state index contributed by atoms with van der Waals surface area (Å²) < 4.78 is 0. The van der Waals surface area contributed by atoms with Gasteiger partial charge in [-0.25, -0.2) is 0 Å². The highest BCUT2D eigenvalue weighted by atomic mass is 16.3. The topological polar surface area (TPSA) is 20.2 Å². The predicted octanol–water partition coefficient (Wildman–Crippen LogP) is 6.63. The Balaban J connectivity index is 0.000000595. The van der Waals surface area contributed by atoms with Crippen molar-refractivity contribution < 1.29 is 5.11 Å². The predicted molar refractivity (Wildman–Crippen MR) is 100 cm³/mol. The molecule has 23 heavy (non-hydrogen) atoms. The molecule has 0 radical (unpaired) electrons. The molecule has 1 nitrogen and oxygen atoms in total. The quantitative estimate of drug-likeness (QED) is 0.619. The third-order valence-electron chi connectivity index (χ3n) is 4.75. The van der Waals surface area contributed by atoms with Crippen LogP contribution >= 0.6 is 0 Å². The highest BCUT2D eigenvalue weighted by molar-refractivity contribution is 5.50. The number of allylic oxidation sites excluding steroid dienone is 3. The third kappa shape index (κ3) is 4.73. The number of aryl methyl sites for hydroxylation is 1. The first-order valence-corrected chi connectivity index (χ1v) is 9.20. The molecule has 0 amide bonds. The first-order chi connectivity index (χ1) is 11.1. The van der Waals surface area contributed by atoms with E-state index in [4.69, 9.17) is 0 Å². The molecule has 1 heteroatoms. The molecule has 0 aliphatic heterocycles. The molecule has 1 fully saturated rings. The summed E-state index contributed by atoms with van der Waals surface area (Å²) in [6.07, 6.45) is 12.6. The fourth-order valence-corrected chi connectivity index (χ4v) is 3.63. The Morgan fingerprint density at radius 1 is 1.26 bits per heavy atom. The highest BCUT2D eigenvalue weighted by Gasteiger charge is 2.30. The maximum atomic E-state index is 10.6. The van der Waals surface area contributed by atoms with Gasteiger partial charge in [-0.2, -0.15) is 0 Å². The van der Waals surface area contributed by atoms with E-state index in [1.54, 1.807) is 6.08 Å². The van der Waals surface area contributed by atoms with Gasteiger partial charge < -0.3 is 5.11 Å². The summed E-state index contributed by atoms with van der Waals surface area (Å²) in [5, 5.41) is 10.6. The maximum Gasteiger partial charge on any atom is 0.119 e. The van der Waals surface area contributed by atoms with E-state index in [0.29, 0.717) is 17.6 Å². The molecule has 126 valence electrons. The Morgan fingerprint density at radius 3 is 2.52 bits per heavy atom. The summed E-state index contributed by atoms with van der Waals surface area (Å²) in [5.41, 5.74) is 5.49. The molecule has 1 aromatic rings. The number of rotatable bonds is 4. The van der Waals surface area contributed by atoms with E-state index in [1.807, 2.05) is 13.0 Å². The monoisotopic (exact) mass is 312 g/mol. The Bertz CT molecular complexity index is 564. The molecule has 1 saturated carbocycles. The fourth-order valence-electron chi connectivity index (χ4n) is 3.63. The number of aromatic hydroxyl groups is 1. The first kappa shape index (κ1) is 17.8. The van der Waals surface area contributed by atoms with Gasteiger partial charge >= 0.3 is 0 Å². The van der Waals surface area contributed by atoms with Crippen molar-refractivity contribution in [3.63, 3.8) is 0 Å². The van der Waals surface area contributed by atoms with Crippen molar-refractivity contribution in [3.8, 4) is 5.75 Å². The molecule has 0 spiro atoms. The van der Waals surface area contributed by atoms with Gasteiger partial charge in [-0.1, -0.05) is 37.1 Å². The zero-order valence-electron chi connectivity index (χ0n) is 15.1. The van der Waals surface area contributed by atoms with Gasteiger partial charge in [0, 0.05) is 11.5 Å². The summed E-state index contributed by atoms with van der Waals surface area (Å²) in [4.78, 5) is 0. The molecule has 0 saturated heterocycles. The van der Waals surface area contributed by atoms with E-state index >= 15 is 0 Å². The zero-order valence-corrected chi connectivity index (χ0v) is 15.1. The van der Waals surface area contributed by atoms with Gasteiger partial charge in [0.15, 0.2) is 0 Å². The number of phenols is 1. The van der Waals surface area contributed by atoms with Crippen molar-refractivity contribution in [1.29, 1.82) is 0 Å². The van der Waals surface area contributed by atoms with Crippen molar-refractivity contribution in [1.82, 2.24) is 0 Å². The molecule has 2 aliphatic carbocycles. The maximum absolute atomic E-state index is 10.6. The van der Waals surface area contributed by atoms with Gasteiger partial charge in [-0.05, 0) is 75.5 Å². The van der Waals surface area contributed by atoms with E-state index in [9.17, 15) is 5.11 Å². The second-order valence-electron chi connectivity index (χ2n) is 7.06. The Labute approximate surface area is 142 Å². The van der Waals surface area contributed by atoms with Crippen molar-refractivity contribution in [3.05, 3.63) is 53.1 Å². The SMILES string of the molecule is C=CC.CCCc1cc(O)c(C2C=C(C)CCC2)c(C2CC2)c1. The molecule has 0 heterocycles. The van der Waals surface area contributed by atoms with Crippen LogP contribution in [0.4, 0.5) is 0 Å². The van der Waals surface area contributed by atoms with Crippen LogP contribution in [-0.4, -0.2) is 5.11 Å². The van der Waals surface area contributed by atoms with Gasteiger partial charge in [0.1, 0.15) is 5.75 Å². The Kier molecular flexibility index (Phi) is 6.50. The summed E-state index contributed by atoms with van der Waals surface area (Å²) in [6.45, 7) is 9.68. The van der Waals surface area contributed by atoms with Crippen LogP contribution in [0.25, 0.3) is 0 Å². The van der Waals surface area contributed by atoms with Crippen LogP contribution in [0.1, 0.15) is 87.8 Å². The average molecular weight is 312 g/mol. The van der Waals surface area contributed by atoms with Gasteiger partial charge in [0.05, 0.1) is 0 Å². The molecule has 1 unspecified atom stereocenters. The van der Waals surface area contributed by atoms with Crippen LogP contribution in [-0.2, 0) is 6.42 Å². The van der Waals surface area contributed by atoms with E-state index in [0.717, 1.165) is 12.8 Å². The van der Waals surface area contributed by atoms with Crippen molar-refractivity contribution in [2.75, 3.05) is 0 Å². The fraction of sp³-hybridized carbons (Fsp3) is 0.545. The smallest absolute Gasteiger partial charge is 0.119 e. The van der Waals surface area contributed by atoms with Crippen LogP contribution in [0.2, 0.25) is 0 Å². The van der Waals surface area contributed by atoms with Crippen LogP contribution in [0, 0.1) is 0 Å². The Morgan fingerprint density at radius 2 is 1.96 bits per heavy atom. The second-order valence-corrected chi connectivity index (χ2v) is 7.06. The van der Waals surface area contributed by atoms with Crippen LogP contribution in [0.15, 0.2) is 36.4 Å². The minimum absolute atomic E-state index is 0.440. The second kappa shape index (κ2) is 8.38. The molecule has 1 aromatic carbocycles. The van der Waals surface area contributed by atoms with Gasteiger partial charge in [0.25, 0.3) is 0 Å². The molecular formula is C22H32O. The lowest BCUT2D eigenvalue weighted by atomic mass is 9.81. The highest BCUT2D eigenvalue weighted by Crippen LogP contribution is 2.48. The number of benzene rings is 1. The lowest BCUT2D eigenvalue weighted by Gasteiger charge is -2.24. The van der Waals surface area contributed by atoms with Crippen LogP contribution < -0.4 is 0 Å². The minimum Gasteiger partial charge on any atom is -0.508 e. The summed E-state index contributed by atoms with van der Waals surface area (Å²) >= 11 is 0. The summed E-state index contributed by atoms with van der Waals surface area (Å²) in [5.74, 6) is 1.70. The van der Waals surface area contributed by atoms with Gasteiger partial charge in [0.2, 0.25) is 0 Å². The molecule has 1 atom stereocenters. The van der Waals surface area contributed by atoms with E-state index < -0.39 is 0 Å². The average Bonchev–Trinajstić information content (AvgIpc) is 3.32. The van der Waals surface area contributed by atoms with Crippen molar-refractivity contribution in [2.24, 2.45) is 0 Å². The molecule has 3 rings (SSSR count). The summed E-state index contributed by atoms with van der Waals surface area (Å²) in [6, 6.07) is 4.40. The third-order valence-corrected chi connectivity index (χ3v) is 4.75. The number of hydrogen-bond donors (Lipinski definition) is 1. The normalized spacial score (nSPS) is 20.3. The molecule has 1 N–H and O–H groups in total. The van der Waals surface area contributed by atoms with E-state index in [-0.39, 0.29) is 0 Å². The summed E-state index contributed by atoms with van der Waals surface area (Å²) in [7, 11) is 0.